The number of rotatable bonds is 4. The van der Waals surface area contributed by atoms with Crippen molar-refractivity contribution in [1.82, 2.24) is 0 Å². The van der Waals surface area contributed by atoms with Crippen LogP contribution in [0, 0.1) is 10.1 Å². The summed E-state index contributed by atoms with van der Waals surface area (Å²) in [5.74, 6) is 0.305. The number of allylic oxidation sites excluding steroid dienone is 1. The zero-order valence-corrected chi connectivity index (χ0v) is 10.0. The maximum absolute atomic E-state index is 10.9. The van der Waals surface area contributed by atoms with Gasteiger partial charge in [0.25, 0.3) is 0 Å². The third-order valence-corrected chi connectivity index (χ3v) is 2.95. The molecule has 1 aliphatic carbocycles. The van der Waals surface area contributed by atoms with Crippen molar-refractivity contribution in [2.45, 2.75) is 31.9 Å². The van der Waals surface area contributed by atoms with Gasteiger partial charge in [-0.05, 0) is 37.0 Å². The van der Waals surface area contributed by atoms with Crippen LogP contribution < -0.4 is 10.5 Å². The number of hydrogen-bond acceptors (Lipinski definition) is 4. The number of nitrogens with two attached hydrogens (primary N) is 1. The van der Waals surface area contributed by atoms with Crippen LogP contribution in [0.5, 0.6) is 5.75 Å². The molecule has 2 N–H and O–H groups in total. The molecule has 2 rings (SSSR count). The molecule has 1 atom stereocenters. The molecule has 1 unspecified atom stereocenters. The van der Waals surface area contributed by atoms with Gasteiger partial charge >= 0.3 is 5.69 Å². The smallest absolute Gasteiger partial charge is 0.310 e. The predicted molar refractivity (Wildman–Crippen MR) is 68.4 cm³/mol. The van der Waals surface area contributed by atoms with Crippen LogP contribution in [0.25, 0.3) is 0 Å². The Morgan fingerprint density at radius 1 is 1.50 bits per heavy atom. The highest BCUT2D eigenvalue weighted by atomic mass is 16.6. The summed E-state index contributed by atoms with van der Waals surface area (Å²) in [6, 6.07) is 4.76. The molecule has 0 heterocycles. The predicted octanol–water partition coefficient (Wildman–Crippen LogP) is 2.54. The van der Waals surface area contributed by atoms with Gasteiger partial charge in [-0.25, -0.2) is 0 Å². The van der Waals surface area contributed by atoms with Crippen LogP contribution in [-0.2, 0) is 6.54 Å². The van der Waals surface area contributed by atoms with Crippen LogP contribution in [0.1, 0.15) is 24.8 Å². The summed E-state index contributed by atoms with van der Waals surface area (Å²) < 4.78 is 5.71. The van der Waals surface area contributed by atoms with Crippen LogP contribution in [0.15, 0.2) is 30.4 Å². The van der Waals surface area contributed by atoms with Gasteiger partial charge < -0.3 is 10.5 Å². The molecule has 0 aromatic heterocycles. The second-order valence-corrected chi connectivity index (χ2v) is 4.28. The summed E-state index contributed by atoms with van der Waals surface area (Å²) in [7, 11) is 0. The standard InChI is InChI=1S/C13H16N2O3/c14-9-10-6-7-12(15(16)17)13(8-10)18-11-4-2-1-3-5-11/h2,4,6-8,11H,1,3,5,9,14H2. The van der Waals surface area contributed by atoms with E-state index >= 15 is 0 Å². The van der Waals surface area contributed by atoms with E-state index in [1.54, 1.807) is 12.1 Å². The second-order valence-electron chi connectivity index (χ2n) is 4.28. The third-order valence-electron chi connectivity index (χ3n) is 2.95. The van der Waals surface area contributed by atoms with Crippen molar-refractivity contribution in [2.75, 3.05) is 0 Å². The zero-order chi connectivity index (χ0) is 13.0. The minimum absolute atomic E-state index is 0.00817. The van der Waals surface area contributed by atoms with Gasteiger partial charge in [-0.1, -0.05) is 12.1 Å². The second kappa shape index (κ2) is 5.64. The van der Waals surface area contributed by atoms with E-state index in [1.807, 2.05) is 12.2 Å². The van der Waals surface area contributed by atoms with Crippen molar-refractivity contribution in [3.8, 4) is 5.75 Å². The van der Waals surface area contributed by atoms with Crippen LogP contribution in [-0.4, -0.2) is 11.0 Å². The average molecular weight is 248 g/mol. The monoisotopic (exact) mass is 248 g/mol. The molecule has 0 saturated carbocycles. The Balaban J connectivity index is 2.25. The molecule has 0 aliphatic heterocycles. The van der Waals surface area contributed by atoms with Crippen molar-refractivity contribution in [3.05, 3.63) is 46.0 Å². The number of nitro benzene ring substituents is 1. The number of benzene rings is 1. The van der Waals surface area contributed by atoms with Gasteiger partial charge in [-0.2, -0.15) is 0 Å². The first-order valence-electron chi connectivity index (χ1n) is 6.01. The van der Waals surface area contributed by atoms with Gasteiger partial charge in [0.1, 0.15) is 6.10 Å². The molecule has 0 spiro atoms. The lowest BCUT2D eigenvalue weighted by Gasteiger charge is -2.18. The Hall–Kier alpha value is -1.88. The molecule has 1 aliphatic rings. The molecule has 18 heavy (non-hydrogen) atoms. The Morgan fingerprint density at radius 2 is 2.33 bits per heavy atom. The Morgan fingerprint density at radius 3 is 2.94 bits per heavy atom. The quantitative estimate of drug-likeness (QED) is 0.504. The van der Waals surface area contributed by atoms with Crippen LogP contribution in [0.2, 0.25) is 0 Å². The first kappa shape index (κ1) is 12.6. The fraction of sp³-hybridized carbons (Fsp3) is 0.385. The van der Waals surface area contributed by atoms with E-state index in [0.717, 1.165) is 24.8 Å². The zero-order valence-electron chi connectivity index (χ0n) is 10.0. The van der Waals surface area contributed by atoms with Gasteiger partial charge in [0.05, 0.1) is 4.92 Å². The largest absolute Gasteiger partial charge is 0.479 e. The SMILES string of the molecule is NCc1ccc([N+](=O)[O-])c(OC2C=CCCC2)c1. The van der Waals surface area contributed by atoms with Gasteiger partial charge in [-0.15, -0.1) is 0 Å². The van der Waals surface area contributed by atoms with E-state index in [2.05, 4.69) is 0 Å². The van der Waals surface area contributed by atoms with Crippen molar-refractivity contribution in [1.29, 1.82) is 0 Å². The number of ether oxygens (including phenoxy) is 1. The van der Waals surface area contributed by atoms with E-state index in [0.29, 0.717) is 12.3 Å². The van der Waals surface area contributed by atoms with Crippen molar-refractivity contribution in [3.63, 3.8) is 0 Å². The van der Waals surface area contributed by atoms with E-state index in [-0.39, 0.29) is 11.8 Å². The van der Waals surface area contributed by atoms with Crippen molar-refractivity contribution in [2.24, 2.45) is 5.73 Å². The number of nitrogens with zero attached hydrogens (tertiary/aromatic N) is 1. The summed E-state index contributed by atoms with van der Waals surface area (Å²) >= 11 is 0. The first-order chi connectivity index (χ1) is 8.70. The Labute approximate surface area is 105 Å². The fourth-order valence-electron chi connectivity index (χ4n) is 1.97. The highest BCUT2D eigenvalue weighted by Crippen LogP contribution is 2.30. The van der Waals surface area contributed by atoms with Crippen LogP contribution >= 0.6 is 0 Å². The summed E-state index contributed by atoms with van der Waals surface area (Å²) in [5, 5.41) is 10.9. The normalized spacial score (nSPS) is 18.6. The minimum atomic E-state index is -0.428. The van der Waals surface area contributed by atoms with Crippen LogP contribution in [0.4, 0.5) is 5.69 Å². The highest BCUT2D eigenvalue weighted by Gasteiger charge is 2.19. The van der Waals surface area contributed by atoms with Gasteiger partial charge in [0, 0.05) is 12.6 Å². The molecular formula is C13H16N2O3. The first-order valence-corrected chi connectivity index (χ1v) is 6.01. The highest BCUT2D eigenvalue weighted by molar-refractivity contribution is 5.48. The van der Waals surface area contributed by atoms with Crippen molar-refractivity contribution < 1.29 is 9.66 Å². The van der Waals surface area contributed by atoms with E-state index in [4.69, 9.17) is 10.5 Å². The molecule has 96 valence electrons. The van der Waals surface area contributed by atoms with Crippen LogP contribution in [0.3, 0.4) is 0 Å². The molecule has 5 nitrogen and oxygen atoms in total. The number of hydrogen-bond donors (Lipinski definition) is 1. The van der Waals surface area contributed by atoms with Crippen molar-refractivity contribution >= 4 is 5.69 Å². The minimum Gasteiger partial charge on any atom is -0.479 e. The maximum Gasteiger partial charge on any atom is 0.310 e. The lowest BCUT2D eigenvalue weighted by molar-refractivity contribution is -0.386. The van der Waals surface area contributed by atoms with Gasteiger partial charge in [0.15, 0.2) is 5.75 Å². The lowest BCUT2D eigenvalue weighted by atomic mass is 10.1. The molecular weight excluding hydrogens is 232 g/mol. The average Bonchev–Trinajstić information content (AvgIpc) is 2.39. The van der Waals surface area contributed by atoms with E-state index in [9.17, 15) is 10.1 Å². The third kappa shape index (κ3) is 2.87. The molecule has 0 saturated heterocycles. The summed E-state index contributed by atoms with van der Waals surface area (Å²) in [5.41, 5.74) is 6.36. The van der Waals surface area contributed by atoms with E-state index < -0.39 is 4.92 Å². The molecule has 1 aromatic carbocycles. The number of nitro groups is 1. The molecule has 0 amide bonds. The molecule has 1 aromatic rings. The summed E-state index contributed by atoms with van der Waals surface area (Å²) in [6.45, 7) is 0.342. The molecule has 5 heteroatoms. The summed E-state index contributed by atoms with van der Waals surface area (Å²) in [4.78, 5) is 10.5. The Bertz CT molecular complexity index is 471. The molecule has 0 bridgehead atoms. The fourth-order valence-corrected chi connectivity index (χ4v) is 1.97. The topological polar surface area (TPSA) is 78.4 Å². The molecule has 0 radical (unpaired) electrons. The van der Waals surface area contributed by atoms with Gasteiger partial charge in [0.2, 0.25) is 0 Å². The maximum atomic E-state index is 10.9. The van der Waals surface area contributed by atoms with Gasteiger partial charge in [-0.3, -0.25) is 10.1 Å². The Kier molecular flexibility index (Phi) is 3.94. The summed E-state index contributed by atoms with van der Waals surface area (Å²) in [6.07, 6.45) is 6.91. The molecule has 0 fully saturated rings. The lowest BCUT2D eigenvalue weighted by Crippen LogP contribution is -2.16. The van der Waals surface area contributed by atoms with E-state index in [1.165, 1.54) is 6.07 Å².